The molecule has 0 unspecified atom stereocenters. The third-order valence-electron chi connectivity index (χ3n) is 2.27. The van der Waals surface area contributed by atoms with Crippen molar-refractivity contribution in [2.75, 3.05) is 18.1 Å². The molecule has 1 aromatic rings. The van der Waals surface area contributed by atoms with Crippen molar-refractivity contribution in [3.05, 3.63) is 29.8 Å². The lowest BCUT2D eigenvalue weighted by molar-refractivity contribution is -0.0326. The maximum atomic E-state index is 12.0. The summed E-state index contributed by atoms with van der Waals surface area (Å²) < 4.78 is 35.9. The molecular formula is C13H18F3NS2. The summed E-state index contributed by atoms with van der Waals surface area (Å²) in [7, 11) is 0. The number of halogens is 3. The fourth-order valence-corrected chi connectivity index (χ4v) is 3.01. The van der Waals surface area contributed by atoms with E-state index in [9.17, 15) is 13.2 Å². The molecule has 0 fully saturated rings. The first-order chi connectivity index (χ1) is 9.01. The number of hydrogen-bond acceptors (Lipinski definition) is 3. The van der Waals surface area contributed by atoms with Crippen LogP contribution in [0.2, 0.25) is 0 Å². The maximum Gasteiger partial charge on any atom is 0.441 e. The van der Waals surface area contributed by atoms with E-state index in [1.807, 2.05) is 24.3 Å². The van der Waals surface area contributed by atoms with Crippen LogP contribution in [-0.4, -0.2) is 23.6 Å². The molecule has 0 amide bonds. The van der Waals surface area contributed by atoms with Gasteiger partial charge in [0.25, 0.3) is 0 Å². The largest absolute Gasteiger partial charge is 0.441 e. The second-order valence-electron chi connectivity index (χ2n) is 3.97. The van der Waals surface area contributed by atoms with Gasteiger partial charge in [-0.25, -0.2) is 0 Å². The van der Waals surface area contributed by atoms with Gasteiger partial charge in [-0.15, -0.1) is 11.8 Å². The highest BCUT2D eigenvalue weighted by Gasteiger charge is 2.27. The van der Waals surface area contributed by atoms with Crippen LogP contribution in [-0.2, 0) is 6.54 Å². The molecule has 108 valence electrons. The Morgan fingerprint density at radius 3 is 2.68 bits per heavy atom. The Balaban J connectivity index is 2.31. The molecular weight excluding hydrogens is 291 g/mol. The Morgan fingerprint density at radius 2 is 2.00 bits per heavy atom. The minimum atomic E-state index is -4.12. The molecule has 1 N–H and O–H groups in total. The lowest BCUT2D eigenvalue weighted by Gasteiger charge is -2.07. The first-order valence-electron chi connectivity index (χ1n) is 6.14. The SMILES string of the molecule is CCCNCc1cccc(SCCSC(F)(F)F)c1. The average Bonchev–Trinajstić information content (AvgIpc) is 2.35. The van der Waals surface area contributed by atoms with E-state index >= 15 is 0 Å². The maximum absolute atomic E-state index is 12.0. The number of thioether (sulfide) groups is 2. The highest BCUT2D eigenvalue weighted by Crippen LogP contribution is 2.31. The molecule has 0 saturated carbocycles. The van der Waals surface area contributed by atoms with E-state index in [0.717, 1.165) is 24.4 Å². The molecule has 0 bridgehead atoms. The molecule has 19 heavy (non-hydrogen) atoms. The third-order valence-corrected chi connectivity index (χ3v) is 4.26. The number of alkyl halides is 3. The van der Waals surface area contributed by atoms with Gasteiger partial charge in [-0.1, -0.05) is 30.8 Å². The highest BCUT2D eigenvalue weighted by molar-refractivity contribution is 8.03. The minimum absolute atomic E-state index is 0.0407. The van der Waals surface area contributed by atoms with Crippen LogP contribution in [0.15, 0.2) is 29.2 Å². The van der Waals surface area contributed by atoms with Gasteiger partial charge in [0.15, 0.2) is 0 Å². The standard InChI is InChI=1S/C13H18F3NS2/c1-2-6-17-10-11-4-3-5-12(9-11)18-7-8-19-13(14,15)16/h3-5,9,17H,2,6-8,10H2,1H3. The normalized spacial score (nSPS) is 11.8. The zero-order valence-electron chi connectivity index (χ0n) is 10.8. The summed E-state index contributed by atoms with van der Waals surface area (Å²) >= 11 is 1.51. The van der Waals surface area contributed by atoms with E-state index in [1.165, 1.54) is 17.3 Å². The summed E-state index contributed by atoms with van der Waals surface area (Å²) in [5, 5.41) is 3.30. The van der Waals surface area contributed by atoms with Crippen molar-refractivity contribution in [3.8, 4) is 0 Å². The van der Waals surface area contributed by atoms with E-state index in [2.05, 4.69) is 12.2 Å². The average molecular weight is 309 g/mol. The van der Waals surface area contributed by atoms with Crippen LogP contribution in [0, 0.1) is 0 Å². The Kier molecular flexibility index (Phi) is 7.71. The molecule has 0 atom stereocenters. The number of nitrogens with one attached hydrogen (secondary N) is 1. The van der Waals surface area contributed by atoms with Crippen molar-refractivity contribution in [2.45, 2.75) is 30.3 Å². The van der Waals surface area contributed by atoms with Crippen molar-refractivity contribution in [1.29, 1.82) is 0 Å². The first kappa shape index (κ1) is 16.7. The van der Waals surface area contributed by atoms with Gasteiger partial charge in [-0.05, 0) is 30.7 Å². The van der Waals surface area contributed by atoms with Gasteiger partial charge in [0.1, 0.15) is 0 Å². The summed E-state index contributed by atoms with van der Waals surface area (Å²) in [6, 6.07) is 7.94. The van der Waals surface area contributed by atoms with E-state index in [1.54, 1.807) is 0 Å². The summed E-state index contributed by atoms with van der Waals surface area (Å²) in [6.45, 7) is 3.89. The second-order valence-corrected chi connectivity index (χ2v) is 6.30. The summed E-state index contributed by atoms with van der Waals surface area (Å²) in [5.41, 5.74) is -2.95. The molecule has 1 nitrogen and oxygen atoms in total. The van der Waals surface area contributed by atoms with Gasteiger partial charge in [0, 0.05) is 22.9 Å². The third kappa shape index (κ3) is 8.44. The highest BCUT2D eigenvalue weighted by atomic mass is 32.2. The van der Waals surface area contributed by atoms with Gasteiger partial charge in [0.2, 0.25) is 0 Å². The predicted molar refractivity (Wildman–Crippen MR) is 77.7 cm³/mol. The van der Waals surface area contributed by atoms with Crippen LogP contribution in [0.5, 0.6) is 0 Å². The molecule has 0 aliphatic carbocycles. The quantitative estimate of drug-likeness (QED) is 0.559. The van der Waals surface area contributed by atoms with Crippen LogP contribution in [0.1, 0.15) is 18.9 Å². The van der Waals surface area contributed by atoms with E-state index in [4.69, 9.17) is 0 Å². The zero-order valence-corrected chi connectivity index (χ0v) is 12.4. The lowest BCUT2D eigenvalue weighted by atomic mass is 10.2. The predicted octanol–water partition coefficient (Wildman–Crippen LogP) is 4.53. The van der Waals surface area contributed by atoms with Crippen LogP contribution in [0.25, 0.3) is 0 Å². The fourth-order valence-electron chi connectivity index (χ4n) is 1.47. The summed E-state index contributed by atoms with van der Waals surface area (Å²) in [5.74, 6) is 0.558. The smallest absolute Gasteiger partial charge is 0.313 e. The molecule has 0 saturated heterocycles. The number of benzene rings is 1. The lowest BCUT2D eigenvalue weighted by Crippen LogP contribution is -2.13. The van der Waals surface area contributed by atoms with Gasteiger partial charge >= 0.3 is 5.51 Å². The van der Waals surface area contributed by atoms with Gasteiger partial charge in [-0.2, -0.15) is 13.2 Å². The monoisotopic (exact) mass is 309 g/mol. The van der Waals surface area contributed by atoms with Gasteiger partial charge < -0.3 is 5.32 Å². The molecule has 1 aromatic carbocycles. The first-order valence-corrected chi connectivity index (χ1v) is 8.11. The second kappa shape index (κ2) is 8.76. The van der Waals surface area contributed by atoms with Gasteiger partial charge in [0.05, 0.1) is 0 Å². The Labute approximate surface area is 120 Å². The Bertz CT molecular complexity index is 369. The summed E-state index contributed by atoms with van der Waals surface area (Å²) in [6.07, 6.45) is 1.09. The molecule has 0 spiro atoms. The van der Waals surface area contributed by atoms with Crippen molar-refractivity contribution in [2.24, 2.45) is 0 Å². The molecule has 0 aliphatic rings. The molecule has 0 heterocycles. The number of hydrogen-bond donors (Lipinski definition) is 1. The van der Waals surface area contributed by atoms with Crippen molar-refractivity contribution in [3.63, 3.8) is 0 Å². The molecule has 0 aromatic heterocycles. The van der Waals surface area contributed by atoms with E-state index in [0.29, 0.717) is 5.75 Å². The number of rotatable bonds is 8. The van der Waals surface area contributed by atoms with Crippen LogP contribution < -0.4 is 5.32 Å². The van der Waals surface area contributed by atoms with Crippen LogP contribution in [0.3, 0.4) is 0 Å². The molecule has 6 heteroatoms. The summed E-state index contributed by atoms with van der Waals surface area (Å²) in [4.78, 5) is 1.03. The van der Waals surface area contributed by atoms with Crippen LogP contribution >= 0.6 is 23.5 Å². The van der Waals surface area contributed by atoms with Crippen molar-refractivity contribution < 1.29 is 13.2 Å². The van der Waals surface area contributed by atoms with Crippen molar-refractivity contribution >= 4 is 23.5 Å². The Morgan fingerprint density at radius 1 is 1.21 bits per heavy atom. The zero-order chi connectivity index (χ0) is 14.1. The Hall–Kier alpha value is -0.330. The molecule has 1 rings (SSSR count). The minimum Gasteiger partial charge on any atom is -0.313 e. The molecule has 0 radical (unpaired) electrons. The van der Waals surface area contributed by atoms with Crippen molar-refractivity contribution in [1.82, 2.24) is 5.32 Å². The fraction of sp³-hybridized carbons (Fsp3) is 0.538. The van der Waals surface area contributed by atoms with E-state index < -0.39 is 5.51 Å². The van der Waals surface area contributed by atoms with E-state index in [-0.39, 0.29) is 17.5 Å². The topological polar surface area (TPSA) is 12.0 Å². The van der Waals surface area contributed by atoms with Gasteiger partial charge in [-0.3, -0.25) is 0 Å². The van der Waals surface area contributed by atoms with Crippen LogP contribution in [0.4, 0.5) is 13.2 Å². The molecule has 0 aliphatic heterocycles.